The average Bonchev–Trinajstić information content (AvgIpc) is 0.811. The monoisotopic (exact) mass is 76.0 g/mol. The van der Waals surface area contributed by atoms with Crippen LogP contribution in [0.4, 0.5) is 0 Å². The summed E-state index contributed by atoms with van der Waals surface area (Å²) in [6.45, 7) is 2.56. The van der Waals surface area contributed by atoms with Crippen LogP contribution in [0.15, 0.2) is 0 Å². The van der Waals surface area contributed by atoms with Crippen LogP contribution < -0.4 is 0 Å². The molecule has 0 aliphatic carbocycles. The van der Waals surface area contributed by atoms with Crippen LogP contribution in [0.3, 0.4) is 0 Å². The molecule has 22 valence electrons. The molecule has 0 N–H and O–H groups in total. The van der Waals surface area contributed by atoms with Gasteiger partial charge in [0.2, 0.25) is 0 Å². The van der Waals surface area contributed by atoms with Crippen molar-refractivity contribution in [2.24, 2.45) is 0 Å². The Labute approximate surface area is 26.3 Å². The van der Waals surface area contributed by atoms with Gasteiger partial charge in [-0.05, 0) is 0 Å². The van der Waals surface area contributed by atoms with E-state index in [2.05, 4.69) is 6.72 Å². The molecule has 0 spiro atoms. The van der Waals surface area contributed by atoms with E-state index in [-0.39, 0.29) is 0 Å². The van der Waals surface area contributed by atoms with E-state index in [0.29, 0.717) is 0 Å². The first kappa shape index (κ1) is 3.88. The second-order valence-corrected chi connectivity index (χ2v) is 0.911. The number of hydrogen-bond acceptors (Lipinski definition) is 2. The summed E-state index contributed by atoms with van der Waals surface area (Å²) in [5.41, 5.74) is 0. The van der Waals surface area contributed by atoms with Crippen LogP contribution in [0.1, 0.15) is 0 Å². The summed E-state index contributed by atoms with van der Waals surface area (Å²) in [5, 5.41) is 0. The Morgan fingerprint density at radius 3 is 1.50 bits per heavy atom. The molecule has 0 rings (SSSR count). The zero-order chi connectivity index (χ0) is 3.58. The van der Waals surface area contributed by atoms with Crippen LogP contribution >= 0.6 is 0 Å². The quantitative estimate of drug-likeness (QED) is 0.335. The third kappa shape index (κ3) is 111. The number of rotatable bonds is 0. The van der Waals surface area contributed by atoms with Gasteiger partial charge in [-0.1, -0.05) is 0 Å². The van der Waals surface area contributed by atoms with Crippen LogP contribution in [-0.4, -0.2) is 15.1 Å². The van der Waals surface area contributed by atoms with Crippen LogP contribution in [-0.2, 0) is 10.1 Å². The van der Waals surface area contributed by atoms with Crippen molar-refractivity contribution in [2.45, 2.75) is 0 Å². The summed E-state index contributed by atoms with van der Waals surface area (Å²) in [6, 6.07) is 0. The van der Waals surface area contributed by atoms with Crippen molar-refractivity contribution < 1.29 is 8.42 Å². The van der Waals surface area contributed by atoms with Crippen LogP contribution in [0.2, 0.25) is 0 Å². The predicted octanol–water partition coefficient (Wildman–Crippen LogP) is -1.32. The van der Waals surface area contributed by atoms with Gasteiger partial charge >= 0.3 is 25.3 Å². The van der Waals surface area contributed by atoms with Crippen LogP contribution in [0.5, 0.6) is 0 Å². The third-order valence-electron chi connectivity index (χ3n) is 0. The predicted molar refractivity (Wildman–Crippen MR) is 16.1 cm³/mol. The van der Waals surface area contributed by atoms with Gasteiger partial charge in [0.25, 0.3) is 0 Å². The van der Waals surface area contributed by atoms with E-state index in [4.69, 9.17) is 8.42 Å². The minimum atomic E-state index is -2.11. The maximum atomic E-state index is 8.89. The first-order valence-electron chi connectivity index (χ1n) is 0.622. The first-order valence-corrected chi connectivity index (χ1v) is 1.87. The van der Waals surface area contributed by atoms with E-state index in [9.17, 15) is 0 Å². The molecule has 0 amide bonds. The van der Waals surface area contributed by atoms with Gasteiger partial charge in [-0.2, -0.15) is 0 Å². The van der Waals surface area contributed by atoms with Crippen molar-refractivity contribution in [3.05, 3.63) is 0 Å². The van der Waals surface area contributed by atoms with Gasteiger partial charge in [-0.3, -0.25) is 0 Å². The van der Waals surface area contributed by atoms with Gasteiger partial charge in [-0.15, -0.1) is 0 Å². The molecule has 0 aliphatic rings. The second-order valence-electron chi connectivity index (χ2n) is 0.304. The van der Waals surface area contributed by atoms with E-state index < -0.39 is 10.1 Å². The zero-order valence-electron chi connectivity index (χ0n) is 1.93. The van der Waals surface area contributed by atoms with Gasteiger partial charge in [0.1, 0.15) is 0 Å². The summed E-state index contributed by atoms with van der Waals surface area (Å²) in [6.07, 6.45) is 0. The average molecular weight is 75.9 g/mol. The summed E-state index contributed by atoms with van der Waals surface area (Å²) in [5.74, 6) is 0. The second kappa shape index (κ2) is 1.23. The molecule has 0 aliphatic heterocycles. The standard InChI is InChI=1S/BHO2S/c1-4(2)3/h1H. The molecule has 0 bridgehead atoms. The molecule has 0 fully saturated rings. The minimum absolute atomic E-state index is 2.11. The first-order chi connectivity index (χ1) is 1.73. The van der Waals surface area contributed by atoms with Gasteiger partial charge in [-0.25, -0.2) is 0 Å². The topological polar surface area (TPSA) is 34.1 Å². The summed E-state index contributed by atoms with van der Waals surface area (Å²) in [4.78, 5) is 0. The van der Waals surface area contributed by atoms with Crippen molar-refractivity contribution in [2.75, 3.05) is 0 Å². The molecule has 0 heterocycles. The van der Waals surface area contributed by atoms with Crippen LogP contribution in [0, 0.1) is 0 Å². The molecule has 0 radical (unpaired) electrons. The van der Waals surface area contributed by atoms with Gasteiger partial charge in [0, 0.05) is 0 Å². The fourth-order valence-corrected chi connectivity index (χ4v) is 0. The molecule has 0 aromatic rings. The van der Waals surface area contributed by atoms with Crippen LogP contribution in [0.25, 0.3) is 0 Å². The molecule has 0 unspecified atom stereocenters. The normalized spacial score (nSPS) is 5.75. The fraction of sp³-hybridized carbons (Fsp3) is 0. The molecule has 4 heteroatoms. The molecule has 2 nitrogen and oxygen atoms in total. The Morgan fingerprint density at radius 2 is 1.50 bits per heavy atom. The summed E-state index contributed by atoms with van der Waals surface area (Å²) < 4.78 is 17.8. The Morgan fingerprint density at radius 1 is 1.50 bits per heavy atom. The van der Waals surface area contributed by atoms with Crippen molar-refractivity contribution in [3.8, 4) is 0 Å². The molecule has 4 heavy (non-hydrogen) atoms. The molecular weight excluding hydrogens is 74.9 g/mol. The van der Waals surface area contributed by atoms with Crippen molar-refractivity contribution in [1.29, 1.82) is 0 Å². The third-order valence-corrected chi connectivity index (χ3v) is 0. The van der Waals surface area contributed by atoms with E-state index in [1.807, 2.05) is 0 Å². The molecule has 0 saturated carbocycles. The Hall–Kier alpha value is -0.115. The Kier molecular flexibility index (Phi) is 1.20. The van der Waals surface area contributed by atoms with Crippen molar-refractivity contribution in [1.82, 2.24) is 0 Å². The molecular formula is HBO2S. The summed E-state index contributed by atoms with van der Waals surface area (Å²) in [7, 11) is -2.11. The molecule has 0 atom stereocenters. The zero-order valence-corrected chi connectivity index (χ0v) is 2.75. The van der Waals surface area contributed by atoms with Gasteiger partial charge in [0.15, 0.2) is 0 Å². The Balaban J connectivity index is 4.65. The van der Waals surface area contributed by atoms with Crippen molar-refractivity contribution in [3.63, 3.8) is 0 Å². The van der Waals surface area contributed by atoms with E-state index in [0.717, 1.165) is 0 Å². The molecule has 0 saturated heterocycles. The number of hydrogen-bond donors (Lipinski definition) is 0. The summed E-state index contributed by atoms with van der Waals surface area (Å²) >= 11 is 0. The Bertz CT molecular complexity index is 75.4. The molecule has 0 aromatic carbocycles. The van der Waals surface area contributed by atoms with Gasteiger partial charge in [0.05, 0.1) is 0 Å². The van der Waals surface area contributed by atoms with Gasteiger partial charge < -0.3 is 0 Å². The molecule has 0 aromatic heterocycles. The fourth-order valence-electron chi connectivity index (χ4n) is 0. The van der Waals surface area contributed by atoms with Crippen molar-refractivity contribution >= 4 is 16.9 Å². The SMILES string of the molecule is B=S(=O)=O. The maximum absolute atomic E-state index is 8.89. The van der Waals surface area contributed by atoms with E-state index in [1.165, 1.54) is 0 Å². The van der Waals surface area contributed by atoms with E-state index >= 15 is 0 Å². The van der Waals surface area contributed by atoms with E-state index in [1.54, 1.807) is 0 Å².